The minimum absolute atomic E-state index is 0.0838. The molecule has 0 fully saturated rings. The van der Waals surface area contributed by atoms with E-state index in [1.165, 1.54) is 21.2 Å². The quantitative estimate of drug-likeness (QED) is 0.393. The van der Waals surface area contributed by atoms with Crippen molar-refractivity contribution in [1.82, 2.24) is 24.3 Å². The molecule has 0 radical (unpaired) electrons. The van der Waals surface area contributed by atoms with Gasteiger partial charge in [-0.3, -0.25) is 4.79 Å². The highest BCUT2D eigenvalue weighted by atomic mass is 19.1. The van der Waals surface area contributed by atoms with E-state index in [1.807, 2.05) is 0 Å². The summed E-state index contributed by atoms with van der Waals surface area (Å²) < 4.78 is 32.1. The normalized spacial score (nSPS) is 11.1. The van der Waals surface area contributed by atoms with Gasteiger partial charge in [0.1, 0.15) is 29.4 Å². The molecule has 9 nitrogen and oxygen atoms in total. The number of benzene rings is 2. The van der Waals surface area contributed by atoms with Crippen molar-refractivity contribution in [3.05, 3.63) is 83.0 Å². The van der Waals surface area contributed by atoms with E-state index in [0.29, 0.717) is 39.7 Å². The van der Waals surface area contributed by atoms with Gasteiger partial charge in [0.25, 0.3) is 5.56 Å². The van der Waals surface area contributed by atoms with Crippen LogP contribution in [0.2, 0.25) is 0 Å². The third-order valence-corrected chi connectivity index (χ3v) is 5.13. The minimum Gasteiger partial charge on any atom is -0.497 e. The fourth-order valence-corrected chi connectivity index (χ4v) is 3.43. The standard InChI is InChI=1S/C23H18FN5O4/c1-31-17-9-15(10-18(11-17)32-2)22-25-21(33-27-22)13-28-7-8-29-20(23(28)30)12-19(26-29)14-3-5-16(24)6-4-14/h3-12H,13H2,1-2H3. The lowest BCUT2D eigenvalue weighted by molar-refractivity contribution is 0.370. The summed E-state index contributed by atoms with van der Waals surface area (Å²) >= 11 is 0. The molecule has 0 saturated carbocycles. The molecule has 166 valence electrons. The Morgan fingerprint density at radius 3 is 2.39 bits per heavy atom. The molecule has 0 N–H and O–H groups in total. The van der Waals surface area contributed by atoms with Crippen LogP contribution in [-0.2, 0) is 6.54 Å². The first-order chi connectivity index (χ1) is 16.0. The molecule has 0 amide bonds. The average Bonchev–Trinajstić information content (AvgIpc) is 3.49. The van der Waals surface area contributed by atoms with E-state index in [1.54, 1.807) is 63.0 Å². The Kier molecular flexibility index (Phi) is 5.09. The first-order valence-electron chi connectivity index (χ1n) is 9.95. The van der Waals surface area contributed by atoms with Crippen molar-refractivity contribution in [2.75, 3.05) is 14.2 Å². The van der Waals surface area contributed by atoms with Gasteiger partial charge in [-0.25, -0.2) is 8.91 Å². The van der Waals surface area contributed by atoms with Gasteiger partial charge >= 0.3 is 0 Å². The Hall–Kier alpha value is -4.47. The van der Waals surface area contributed by atoms with E-state index in [2.05, 4.69) is 15.2 Å². The van der Waals surface area contributed by atoms with E-state index in [4.69, 9.17) is 14.0 Å². The molecule has 0 aliphatic rings. The van der Waals surface area contributed by atoms with Crippen molar-refractivity contribution in [1.29, 1.82) is 0 Å². The number of aromatic nitrogens is 5. The number of nitrogens with zero attached hydrogens (tertiary/aromatic N) is 5. The molecule has 0 aliphatic carbocycles. The summed E-state index contributed by atoms with van der Waals surface area (Å²) in [6, 6.07) is 12.9. The van der Waals surface area contributed by atoms with E-state index < -0.39 is 0 Å². The first kappa shape index (κ1) is 20.4. The van der Waals surface area contributed by atoms with Crippen molar-refractivity contribution in [2.45, 2.75) is 6.54 Å². The summed E-state index contributed by atoms with van der Waals surface area (Å²) in [5.74, 6) is 1.46. The predicted octanol–water partition coefficient (Wildman–Crippen LogP) is 3.42. The van der Waals surface area contributed by atoms with Gasteiger partial charge in [-0.15, -0.1) is 0 Å². The third-order valence-electron chi connectivity index (χ3n) is 5.13. The van der Waals surface area contributed by atoms with Crippen LogP contribution in [0.25, 0.3) is 28.2 Å². The Balaban J connectivity index is 1.44. The van der Waals surface area contributed by atoms with Gasteiger partial charge in [-0.1, -0.05) is 5.16 Å². The molecule has 3 heterocycles. The highest BCUT2D eigenvalue weighted by Gasteiger charge is 2.14. The number of hydrogen-bond donors (Lipinski definition) is 0. The maximum absolute atomic E-state index is 13.2. The second kappa shape index (κ2) is 8.23. The molecular formula is C23H18FN5O4. The van der Waals surface area contributed by atoms with Crippen LogP contribution >= 0.6 is 0 Å². The Morgan fingerprint density at radius 2 is 1.70 bits per heavy atom. The fraction of sp³-hybridized carbons (Fsp3) is 0.130. The van der Waals surface area contributed by atoms with Crippen molar-refractivity contribution < 1.29 is 18.4 Å². The number of hydrogen-bond acceptors (Lipinski definition) is 7. The van der Waals surface area contributed by atoms with Crippen molar-refractivity contribution in [3.8, 4) is 34.1 Å². The molecule has 0 spiro atoms. The van der Waals surface area contributed by atoms with Gasteiger partial charge in [0.2, 0.25) is 11.7 Å². The van der Waals surface area contributed by atoms with E-state index >= 15 is 0 Å². The van der Waals surface area contributed by atoms with Crippen LogP contribution in [0.4, 0.5) is 4.39 Å². The summed E-state index contributed by atoms with van der Waals surface area (Å²) in [6.45, 7) is 0.0838. The number of methoxy groups -OCH3 is 2. The fourth-order valence-electron chi connectivity index (χ4n) is 3.43. The smallest absolute Gasteiger partial charge is 0.277 e. The lowest BCUT2D eigenvalue weighted by atomic mass is 10.1. The molecule has 0 aliphatic heterocycles. The summed E-state index contributed by atoms with van der Waals surface area (Å²) in [6.07, 6.45) is 3.25. The van der Waals surface area contributed by atoms with Crippen LogP contribution in [0, 0.1) is 5.82 Å². The predicted molar refractivity (Wildman–Crippen MR) is 117 cm³/mol. The second-order valence-corrected chi connectivity index (χ2v) is 7.21. The summed E-state index contributed by atoms with van der Waals surface area (Å²) in [7, 11) is 3.11. The largest absolute Gasteiger partial charge is 0.497 e. The summed E-state index contributed by atoms with van der Waals surface area (Å²) in [5, 5.41) is 8.42. The van der Waals surface area contributed by atoms with Crippen molar-refractivity contribution in [3.63, 3.8) is 0 Å². The Morgan fingerprint density at radius 1 is 0.970 bits per heavy atom. The zero-order valence-corrected chi connectivity index (χ0v) is 17.7. The first-order valence-corrected chi connectivity index (χ1v) is 9.95. The summed E-state index contributed by atoms with van der Waals surface area (Å²) in [4.78, 5) is 17.4. The monoisotopic (exact) mass is 447 g/mol. The topological polar surface area (TPSA) is 96.7 Å². The van der Waals surface area contributed by atoms with Gasteiger partial charge in [-0.2, -0.15) is 10.1 Å². The molecular weight excluding hydrogens is 429 g/mol. The van der Waals surface area contributed by atoms with Gasteiger partial charge < -0.3 is 18.6 Å². The minimum atomic E-state index is -0.337. The Bertz CT molecular complexity index is 1480. The SMILES string of the molecule is COc1cc(OC)cc(-c2noc(Cn3ccn4nc(-c5ccc(F)cc5)cc4c3=O)n2)c1. The maximum atomic E-state index is 13.2. The van der Waals surface area contributed by atoms with Gasteiger partial charge in [0.15, 0.2) is 0 Å². The molecule has 0 bridgehead atoms. The molecule has 5 aromatic rings. The van der Waals surface area contributed by atoms with Crippen LogP contribution < -0.4 is 15.0 Å². The van der Waals surface area contributed by atoms with Gasteiger partial charge in [0, 0.05) is 29.6 Å². The number of rotatable bonds is 6. The number of fused-ring (bicyclic) bond motifs is 1. The van der Waals surface area contributed by atoms with Crippen LogP contribution in [0.1, 0.15) is 5.89 Å². The number of ether oxygens (including phenoxy) is 2. The maximum Gasteiger partial charge on any atom is 0.277 e. The molecule has 3 aromatic heterocycles. The molecule has 10 heteroatoms. The molecule has 5 rings (SSSR count). The van der Waals surface area contributed by atoms with E-state index in [-0.39, 0.29) is 23.8 Å². The summed E-state index contributed by atoms with van der Waals surface area (Å²) in [5.41, 5.74) is 2.03. The highest BCUT2D eigenvalue weighted by Crippen LogP contribution is 2.28. The van der Waals surface area contributed by atoms with Gasteiger partial charge in [0.05, 0.1) is 19.9 Å². The van der Waals surface area contributed by atoms with Gasteiger partial charge in [-0.05, 0) is 42.5 Å². The average molecular weight is 447 g/mol. The molecule has 0 unspecified atom stereocenters. The van der Waals surface area contributed by atoms with E-state index in [0.717, 1.165) is 0 Å². The van der Waals surface area contributed by atoms with Crippen LogP contribution in [-0.4, -0.2) is 38.5 Å². The third kappa shape index (κ3) is 3.93. The lowest BCUT2D eigenvalue weighted by Crippen LogP contribution is -2.21. The van der Waals surface area contributed by atoms with Crippen LogP contribution in [0.5, 0.6) is 11.5 Å². The molecule has 33 heavy (non-hydrogen) atoms. The molecule has 2 aromatic carbocycles. The van der Waals surface area contributed by atoms with Crippen LogP contribution in [0.3, 0.4) is 0 Å². The van der Waals surface area contributed by atoms with Crippen molar-refractivity contribution >= 4 is 5.52 Å². The Labute approximate surface area is 186 Å². The van der Waals surface area contributed by atoms with E-state index in [9.17, 15) is 9.18 Å². The molecule has 0 atom stereocenters. The second-order valence-electron chi connectivity index (χ2n) is 7.21. The lowest BCUT2D eigenvalue weighted by Gasteiger charge is -2.05. The zero-order valence-electron chi connectivity index (χ0n) is 17.7. The highest BCUT2D eigenvalue weighted by molar-refractivity contribution is 5.65. The number of halogens is 1. The van der Waals surface area contributed by atoms with Crippen molar-refractivity contribution in [2.24, 2.45) is 0 Å². The zero-order chi connectivity index (χ0) is 22.9. The van der Waals surface area contributed by atoms with Crippen LogP contribution in [0.15, 0.2) is 70.2 Å². The molecule has 0 saturated heterocycles.